The third-order valence-electron chi connectivity index (χ3n) is 5.12. The van der Waals surface area contributed by atoms with Gasteiger partial charge < -0.3 is 10.1 Å². The molecular formula is C25H21N3O2. The number of nitrogens with zero attached hydrogens (tertiary/aromatic N) is 2. The molecule has 0 atom stereocenters. The number of amides is 1. The molecule has 0 saturated carbocycles. The van der Waals surface area contributed by atoms with Crippen molar-refractivity contribution in [1.29, 1.82) is 5.26 Å². The highest BCUT2D eigenvalue weighted by Gasteiger charge is 2.28. The van der Waals surface area contributed by atoms with Gasteiger partial charge in [0.25, 0.3) is 0 Å². The summed E-state index contributed by atoms with van der Waals surface area (Å²) in [5.74, 6) is 0.0583. The molecule has 0 bridgehead atoms. The SMILES string of the molecule is N#Cc1cncc(C=CCCNC(=O)OCC2c3ccccc3-c3ccccc32)c1. The fraction of sp³-hybridized carbons (Fsp3) is 0.160. The molecule has 0 radical (unpaired) electrons. The number of rotatable bonds is 6. The maximum atomic E-state index is 12.1. The molecule has 1 aliphatic rings. The van der Waals surface area contributed by atoms with Crippen LogP contribution in [0.5, 0.6) is 0 Å². The molecule has 0 unspecified atom stereocenters. The number of carbonyl (C=O) groups excluding carboxylic acids is 1. The van der Waals surface area contributed by atoms with Gasteiger partial charge in [0.2, 0.25) is 0 Å². The van der Waals surface area contributed by atoms with Gasteiger partial charge in [-0.2, -0.15) is 5.26 Å². The number of hydrogen-bond donors (Lipinski definition) is 1. The van der Waals surface area contributed by atoms with Crippen LogP contribution >= 0.6 is 0 Å². The van der Waals surface area contributed by atoms with Crippen LogP contribution in [0.2, 0.25) is 0 Å². The zero-order valence-electron chi connectivity index (χ0n) is 16.4. The van der Waals surface area contributed by atoms with Crippen LogP contribution in [-0.2, 0) is 4.74 Å². The van der Waals surface area contributed by atoms with Crippen molar-refractivity contribution >= 4 is 12.2 Å². The Kier molecular flexibility index (Phi) is 5.86. The van der Waals surface area contributed by atoms with E-state index in [0.29, 0.717) is 25.1 Å². The van der Waals surface area contributed by atoms with Crippen molar-refractivity contribution in [2.24, 2.45) is 0 Å². The molecule has 2 aromatic carbocycles. The van der Waals surface area contributed by atoms with Crippen LogP contribution in [0.3, 0.4) is 0 Å². The van der Waals surface area contributed by atoms with E-state index >= 15 is 0 Å². The molecule has 1 N–H and O–H groups in total. The minimum Gasteiger partial charge on any atom is -0.449 e. The van der Waals surface area contributed by atoms with Crippen molar-refractivity contribution in [3.05, 3.63) is 95.3 Å². The number of hydrogen-bond acceptors (Lipinski definition) is 4. The van der Waals surface area contributed by atoms with E-state index in [9.17, 15) is 4.79 Å². The van der Waals surface area contributed by atoms with Gasteiger partial charge in [-0.25, -0.2) is 4.79 Å². The Bertz CT molecular complexity index is 1090. The van der Waals surface area contributed by atoms with Crippen LogP contribution in [0.25, 0.3) is 17.2 Å². The molecule has 0 saturated heterocycles. The number of nitriles is 1. The number of aromatic nitrogens is 1. The summed E-state index contributed by atoms with van der Waals surface area (Å²) in [6.07, 6.45) is 7.26. The molecule has 5 nitrogen and oxygen atoms in total. The zero-order valence-corrected chi connectivity index (χ0v) is 16.4. The van der Waals surface area contributed by atoms with Gasteiger partial charge >= 0.3 is 6.09 Å². The largest absolute Gasteiger partial charge is 0.449 e. The standard InChI is InChI=1S/C25H21N3O2/c26-14-19-13-18(15-27-16-19)7-5-6-12-28-25(29)30-17-24-22-10-3-1-8-20(22)21-9-2-4-11-23(21)24/h1-5,7-11,13,15-16,24H,6,12,17H2,(H,28,29). The number of benzene rings is 2. The molecule has 5 heteroatoms. The summed E-state index contributed by atoms with van der Waals surface area (Å²) in [6, 6.07) is 20.4. The fourth-order valence-electron chi connectivity index (χ4n) is 3.74. The Morgan fingerprint density at radius 2 is 1.80 bits per heavy atom. The highest BCUT2D eigenvalue weighted by molar-refractivity contribution is 5.79. The lowest BCUT2D eigenvalue weighted by Crippen LogP contribution is -2.26. The normalized spacial score (nSPS) is 12.2. The molecule has 1 heterocycles. The number of alkyl carbamates (subject to hydrolysis) is 1. The second kappa shape index (κ2) is 9.06. The van der Waals surface area contributed by atoms with E-state index in [4.69, 9.17) is 10.00 Å². The maximum absolute atomic E-state index is 12.1. The Labute approximate surface area is 175 Å². The predicted molar refractivity (Wildman–Crippen MR) is 116 cm³/mol. The van der Waals surface area contributed by atoms with Crippen molar-refractivity contribution in [2.45, 2.75) is 12.3 Å². The lowest BCUT2D eigenvalue weighted by atomic mass is 9.98. The van der Waals surface area contributed by atoms with E-state index in [-0.39, 0.29) is 5.92 Å². The third kappa shape index (κ3) is 4.23. The van der Waals surface area contributed by atoms with E-state index in [1.165, 1.54) is 28.5 Å². The number of nitrogens with one attached hydrogen (secondary N) is 1. The van der Waals surface area contributed by atoms with Crippen molar-refractivity contribution in [3.63, 3.8) is 0 Å². The van der Waals surface area contributed by atoms with Crippen molar-refractivity contribution in [2.75, 3.05) is 13.2 Å². The topological polar surface area (TPSA) is 75.0 Å². The Morgan fingerprint density at radius 1 is 1.10 bits per heavy atom. The van der Waals surface area contributed by atoms with Gasteiger partial charge in [-0.05, 0) is 40.3 Å². The fourth-order valence-corrected chi connectivity index (χ4v) is 3.74. The highest BCUT2D eigenvalue weighted by Crippen LogP contribution is 2.44. The molecule has 0 fully saturated rings. The van der Waals surface area contributed by atoms with Crippen molar-refractivity contribution in [1.82, 2.24) is 10.3 Å². The Balaban J connectivity index is 1.27. The first-order valence-electron chi connectivity index (χ1n) is 9.87. The van der Waals surface area contributed by atoms with Gasteiger partial charge in [0.1, 0.15) is 12.7 Å². The lowest BCUT2D eigenvalue weighted by molar-refractivity contribution is 0.143. The van der Waals surface area contributed by atoms with E-state index in [1.54, 1.807) is 12.3 Å². The molecule has 3 aromatic rings. The first-order valence-corrected chi connectivity index (χ1v) is 9.87. The summed E-state index contributed by atoms with van der Waals surface area (Å²) in [5.41, 5.74) is 6.19. The van der Waals surface area contributed by atoms with Crippen LogP contribution < -0.4 is 5.32 Å². The number of pyridine rings is 1. The summed E-state index contributed by atoms with van der Waals surface area (Å²) < 4.78 is 5.51. The van der Waals surface area contributed by atoms with Gasteiger partial charge in [0, 0.05) is 24.9 Å². The molecule has 30 heavy (non-hydrogen) atoms. The van der Waals surface area contributed by atoms with Crippen LogP contribution in [0.1, 0.15) is 34.6 Å². The van der Waals surface area contributed by atoms with Gasteiger partial charge in [-0.3, -0.25) is 4.98 Å². The minimum absolute atomic E-state index is 0.0583. The smallest absolute Gasteiger partial charge is 0.407 e. The van der Waals surface area contributed by atoms with Crippen LogP contribution in [0.4, 0.5) is 4.79 Å². The average molecular weight is 395 g/mol. The molecular weight excluding hydrogens is 374 g/mol. The molecule has 0 aliphatic heterocycles. The van der Waals surface area contributed by atoms with Gasteiger partial charge in [-0.1, -0.05) is 60.7 Å². The minimum atomic E-state index is -0.418. The maximum Gasteiger partial charge on any atom is 0.407 e. The average Bonchev–Trinajstić information content (AvgIpc) is 3.11. The quantitative estimate of drug-likeness (QED) is 0.603. The molecule has 1 aromatic heterocycles. The predicted octanol–water partition coefficient (Wildman–Crippen LogP) is 4.90. The van der Waals surface area contributed by atoms with E-state index in [1.807, 2.05) is 36.4 Å². The summed E-state index contributed by atoms with van der Waals surface area (Å²) in [4.78, 5) is 16.2. The Morgan fingerprint density at radius 3 is 2.50 bits per heavy atom. The molecule has 1 aliphatic carbocycles. The van der Waals surface area contributed by atoms with Gasteiger partial charge in [0.05, 0.1) is 5.56 Å². The summed E-state index contributed by atoms with van der Waals surface area (Å²) in [6.45, 7) is 0.779. The van der Waals surface area contributed by atoms with Crippen molar-refractivity contribution in [3.8, 4) is 17.2 Å². The Hall–Kier alpha value is -3.91. The summed E-state index contributed by atoms with van der Waals surface area (Å²) in [7, 11) is 0. The first kappa shape index (κ1) is 19.4. The second-order valence-corrected chi connectivity index (χ2v) is 7.06. The number of carbonyl (C=O) groups is 1. The van der Waals surface area contributed by atoms with Crippen molar-refractivity contribution < 1.29 is 9.53 Å². The van der Waals surface area contributed by atoms with E-state index in [0.717, 1.165) is 5.56 Å². The second-order valence-electron chi connectivity index (χ2n) is 7.06. The molecule has 1 amide bonds. The number of ether oxygens (including phenoxy) is 1. The van der Waals surface area contributed by atoms with Crippen LogP contribution in [0, 0.1) is 11.3 Å². The zero-order chi connectivity index (χ0) is 20.8. The monoisotopic (exact) mass is 395 g/mol. The van der Waals surface area contributed by atoms with E-state index in [2.05, 4.69) is 40.6 Å². The van der Waals surface area contributed by atoms with Crippen LogP contribution in [0.15, 0.2) is 73.1 Å². The molecule has 148 valence electrons. The highest BCUT2D eigenvalue weighted by atomic mass is 16.5. The molecule has 4 rings (SSSR count). The first-order chi connectivity index (χ1) is 14.8. The summed E-state index contributed by atoms with van der Waals surface area (Å²) in [5, 5.41) is 11.7. The summed E-state index contributed by atoms with van der Waals surface area (Å²) >= 11 is 0. The molecule has 0 spiro atoms. The number of fused-ring (bicyclic) bond motifs is 3. The third-order valence-corrected chi connectivity index (χ3v) is 5.12. The van der Waals surface area contributed by atoms with Crippen LogP contribution in [-0.4, -0.2) is 24.2 Å². The van der Waals surface area contributed by atoms with Gasteiger partial charge in [-0.15, -0.1) is 0 Å². The lowest BCUT2D eigenvalue weighted by Gasteiger charge is -2.14. The van der Waals surface area contributed by atoms with E-state index < -0.39 is 6.09 Å². The van der Waals surface area contributed by atoms with Gasteiger partial charge in [0.15, 0.2) is 0 Å².